The number of likely N-dealkylation sites (N-methyl/N-ethyl adjacent to an activating group) is 1. The Labute approximate surface area is 101 Å². The van der Waals surface area contributed by atoms with Crippen LogP contribution in [0.1, 0.15) is 51.9 Å². The van der Waals surface area contributed by atoms with Gasteiger partial charge in [-0.2, -0.15) is 0 Å². The van der Waals surface area contributed by atoms with Crippen LogP contribution in [0.2, 0.25) is 0 Å². The third-order valence-electron chi connectivity index (χ3n) is 4.41. The Morgan fingerprint density at radius 1 is 1.06 bits per heavy atom. The molecule has 0 aromatic carbocycles. The minimum Gasteiger partial charge on any atom is -0.310 e. The molecule has 1 saturated carbocycles. The van der Waals surface area contributed by atoms with Crippen LogP contribution < -0.4 is 5.32 Å². The molecule has 16 heavy (non-hydrogen) atoms. The normalized spacial score (nSPS) is 36.8. The van der Waals surface area contributed by atoms with Crippen molar-refractivity contribution in [1.82, 2.24) is 10.2 Å². The van der Waals surface area contributed by atoms with Crippen LogP contribution in [0.3, 0.4) is 0 Å². The molecule has 0 aromatic rings. The Morgan fingerprint density at radius 2 is 1.81 bits per heavy atom. The van der Waals surface area contributed by atoms with Gasteiger partial charge in [-0.05, 0) is 51.6 Å². The second-order valence-electron chi connectivity index (χ2n) is 5.92. The summed E-state index contributed by atoms with van der Waals surface area (Å²) in [7, 11) is 2.24. The molecule has 1 heterocycles. The predicted molar refractivity (Wildman–Crippen MR) is 69.7 cm³/mol. The third-order valence-corrected chi connectivity index (χ3v) is 4.41. The van der Waals surface area contributed by atoms with E-state index in [4.69, 9.17) is 0 Å². The molecule has 2 fully saturated rings. The SMILES string of the molecule is CCCC1CCC(NC2CCN(C)C2)CC1. The monoisotopic (exact) mass is 224 g/mol. The van der Waals surface area contributed by atoms with Gasteiger partial charge in [0.25, 0.3) is 0 Å². The van der Waals surface area contributed by atoms with E-state index in [0.29, 0.717) is 0 Å². The summed E-state index contributed by atoms with van der Waals surface area (Å²) in [6, 6.07) is 1.60. The quantitative estimate of drug-likeness (QED) is 0.790. The molecule has 1 N–H and O–H groups in total. The van der Waals surface area contributed by atoms with Gasteiger partial charge in [0, 0.05) is 18.6 Å². The smallest absolute Gasteiger partial charge is 0.0209 e. The van der Waals surface area contributed by atoms with Gasteiger partial charge in [0.15, 0.2) is 0 Å². The highest BCUT2D eigenvalue weighted by atomic mass is 15.2. The third kappa shape index (κ3) is 3.46. The van der Waals surface area contributed by atoms with Gasteiger partial charge in [-0.25, -0.2) is 0 Å². The summed E-state index contributed by atoms with van der Waals surface area (Å²) in [5.41, 5.74) is 0. The number of rotatable bonds is 4. The Bertz CT molecular complexity index is 197. The molecule has 2 heteroatoms. The molecule has 1 atom stereocenters. The van der Waals surface area contributed by atoms with Gasteiger partial charge in [-0.3, -0.25) is 0 Å². The maximum absolute atomic E-state index is 3.87. The van der Waals surface area contributed by atoms with Crippen LogP contribution >= 0.6 is 0 Å². The summed E-state index contributed by atoms with van der Waals surface area (Å²) >= 11 is 0. The lowest BCUT2D eigenvalue weighted by Gasteiger charge is -2.31. The fourth-order valence-corrected chi connectivity index (χ4v) is 3.43. The van der Waals surface area contributed by atoms with Crippen molar-refractivity contribution in [2.75, 3.05) is 20.1 Å². The average molecular weight is 224 g/mol. The van der Waals surface area contributed by atoms with E-state index in [9.17, 15) is 0 Å². The van der Waals surface area contributed by atoms with Crippen molar-refractivity contribution in [3.05, 3.63) is 0 Å². The highest BCUT2D eigenvalue weighted by Gasteiger charge is 2.25. The summed E-state index contributed by atoms with van der Waals surface area (Å²) in [6.07, 6.45) is 9.96. The van der Waals surface area contributed by atoms with Crippen molar-refractivity contribution < 1.29 is 0 Å². The molecule has 0 amide bonds. The highest BCUT2D eigenvalue weighted by Crippen LogP contribution is 2.28. The predicted octanol–water partition coefficient (Wildman–Crippen LogP) is 2.64. The van der Waals surface area contributed by atoms with Gasteiger partial charge in [0.1, 0.15) is 0 Å². The summed E-state index contributed by atoms with van der Waals surface area (Å²) in [5.74, 6) is 1.04. The van der Waals surface area contributed by atoms with Crippen LogP contribution in [0.15, 0.2) is 0 Å². The van der Waals surface area contributed by atoms with E-state index in [1.54, 1.807) is 0 Å². The number of hydrogen-bond donors (Lipinski definition) is 1. The van der Waals surface area contributed by atoms with Gasteiger partial charge in [-0.1, -0.05) is 19.8 Å². The molecule has 1 aliphatic heterocycles. The lowest BCUT2D eigenvalue weighted by atomic mass is 9.83. The lowest BCUT2D eigenvalue weighted by Crippen LogP contribution is -2.41. The number of nitrogens with zero attached hydrogens (tertiary/aromatic N) is 1. The molecule has 0 radical (unpaired) electrons. The van der Waals surface area contributed by atoms with Crippen molar-refractivity contribution in [3.8, 4) is 0 Å². The van der Waals surface area contributed by atoms with Gasteiger partial charge >= 0.3 is 0 Å². The first kappa shape index (κ1) is 12.4. The van der Waals surface area contributed by atoms with E-state index >= 15 is 0 Å². The molecule has 0 spiro atoms. The van der Waals surface area contributed by atoms with E-state index in [-0.39, 0.29) is 0 Å². The van der Waals surface area contributed by atoms with Crippen molar-refractivity contribution in [1.29, 1.82) is 0 Å². The van der Waals surface area contributed by atoms with Crippen molar-refractivity contribution in [2.24, 2.45) is 5.92 Å². The first-order valence-corrected chi connectivity index (χ1v) is 7.22. The molecule has 1 unspecified atom stereocenters. The van der Waals surface area contributed by atoms with Gasteiger partial charge in [-0.15, -0.1) is 0 Å². The fraction of sp³-hybridized carbons (Fsp3) is 1.00. The summed E-state index contributed by atoms with van der Waals surface area (Å²) in [4.78, 5) is 2.44. The fourth-order valence-electron chi connectivity index (χ4n) is 3.43. The van der Waals surface area contributed by atoms with E-state index in [1.807, 2.05) is 0 Å². The van der Waals surface area contributed by atoms with Crippen LogP contribution in [0, 0.1) is 5.92 Å². The Hall–Kier alpha value is -0.0800. The zero-order valence-corrected chi connectivity index (χ0v) is 11.0. The zero-order valence-electron chi connectivity index (χ0n) is 11.0. The van der Waals surface area contributed by atoms with Crippen LogP contribution in [0.25, 0.3) is 0 Å². The minimum atomic E-state index is 0.776. The largest absolute Gasteiger partial charge is 0.310 e. The maximum atomic E-state index is 3.87. The second kappa shape index (κ2) is 6.02. The Kier molecular flexibility index (Phi) is 4.66. The highest BCUT2D eigenvalue weighted by molar-refractivity contribution is 4.85. The molecule has 2 rings (SSSR count). The number of hydrogen-bond acceptors (Lipinski definition) is 2. The maximum Gasteiger partial charge on any atom is 0.0209 e. The molecule has 94 valence electrons. The first-order chi connectivity index (χ1) is 7.78. The van der Waals surface area contributed by atoms with Crippen molar-refractivity contribution >= 4 is 0 Å². The van der Waals surface area contributed by atoms with Crippen LogP contribution in [-0.2, 0) is 0 Å². The first-order valence-electron chi connectivity index (χ1n) is 7.22. The second-order valence-corrected chi connectivity index (χ2v) is 5.92. The molecule has 0 bridgehead atoms. The molecular weight excluding hydrogens is 196 g/mol. The standard InChI is InChI=1S/C14H28N2/c1-3-4-12-5-7-13(8-6-12)15-14-9-10-16(2)11-14/h12-15H,3-11H2,1-2H3. The topological polar surface area (TPSA) is 15.3 Å². The van der Waals surface area contributed by atoms with Crippen LogP contribution in [0.5, 0.6) is 0 Å². The van der Waals surface area contributed by atoms with E-state index in [1.165, 1.54) is 58.0 Å². The minimum absolute atomic E-state index is 0.776. The summed E-state index contributed by atoms with van der Waals surface area (Å²) < 4.78 is 0. The van der Waals surface area contributed by atoms with Gasteiger partial charge in [0.2, 0.25) is 0 Å². The van der Waals surface area contributed by atoms with Gasteiger partial charge < -0.3 is 10.2 Å². The number of nitrogens with one attached hydrogen (secondary N) is 1. The molecule has 1 aliphatic carbocycles. The Balaban J connectivity index is 1.65. The zero-order chi connectivity index (χ0) is 11.4. The van der Waals surface area contributed by atoms with E-state index in [2.05, 4.69) is 24.2 Å². The summed E-state index contributed by atoms with van der Waals surface area (Å²) in [6.45, 7) is 4.86. The Morgan fingerprint density at radius 3 is 2.38 bits per heavy atom. The molecule has 2 aliphatic rings. The molecular formula is C14H28N2. The van der Waals surface area contributed by atoms with E-state index in [0.717, 1.165) is 18.0 Å². The van der Waals surface area contributed by atoms with Crippen LogP contribution in [0.4, 0.5) is 0 Å². The molecule has 0 aromatic heterocycles. The lowest BCUT2D eigenvalue weighted by molar-refractivity contribution is 0.261. The van der Waals surface area contributed by atoms with Crippen molar-refractivity contribution in [2.45, 2.75) is 64.0 Å². The molecule has 1 saturated heterocycles. The van der Waals surface area contributed by atoms with Crippen LogP contribution in [-0.4, -0.2) is 37.1 Å². The average Bonchev–Trinajstić information content (AvgIpc) is 2.67. The van der Waals surface area contributed by atoms with Gasteiger partial charge in [0.05, 0.1) is 0 Å². The molecule has 2 nitrogen and oxygen atoms in total. The van der Waals surface area contributed by atoms with E-state index < -0.39 is 0 Å². The summed E-state index contributed by atoms with van der Waals surface area (Å²) in [5, 5.41) is 3.87. The number of likely N-dealkylation sites (tertiary alicyclic amines) is 1. The van der Waals surface area contributed by atoms with Crippen molar-refractivity contribution in [3.63, 3.8) is 0 Å².